The van der Waals surface area contributed by atoms with Gasteiger partial charge in [-0.3, -0.25) is 0 Å². The molecule has 1 rings (SSSR count). The van der Waals surface area contributed by atoms with Crippen LogP contribution in [-0.4, -0.2) is 49.6 Å². The molecule has 0 unspecified atom stereocenters. The summed E-state index contributed by atoms with van der Waals surface area (Å²) in [5.41, 5.74) is 0. The standard InChI is InChI=1S/C16H34N2.CH4/c1-14(2)12-17(5)9-6-16-7-10-18(11-8-16)13-15(3)4;/h14-16H,6-13H2,1-5H3;1H4. The van der Waals surface area contributed by atoms with E-state index in [9.17, 15) is 0 Å². The summed E-state index contributed by atoms with van der Waals surface area (Å²) in [4.78, 5) is 5.16. The first kappa shape index (κ1) is 18.9. The van der Waals surface area contributed by atoms with Crippen molar-refractivity contribution in [2.75, 3.05) is 39.8 Å². The van der Waals surface area contributed by atoms with Crippen molar-refractivity contribution in [1.29, 1.82) is 0 Å². The van der Waals surface area contributed by atoms with E-state index >= 15 is 0 Å². The van der Waals surface area contributed by atoms with Gasteiger partial charge in [0.1, 0.15) is 0 Å². The summed E-state index contributed by atoms with van der Waals surface area (Å²) in [5, 5.41) is 0. The molecular weight excluding hydrogens is 232 g/mol. The highest BCUT2D eigenvalue weighted by molar-refractivity contribution is 4.74. The second-order valence-corrected chi connectivity index (χ2v) is 7.08. The molecular formula is C17H38N2. The Balaban J connectivity index is 0.00000324. The lowest BCUT2D eigenvalue weighted by Crippen LogP contribution is -2.37. The number of likely N-dealkylation sites (tertiary alicyclic amines) is 1. The van der Waals surface area contributed by atoms with E-state index in [0.717, 1.165) is 17.8 Å². The third-order valence-electron chi connectivity index (χ3n) is 3.93. The summed E-state index contributed by atoms with van der Waals surface area (Å²) in [6.45, 7) is 15.7. The molecule has 0 aromatic heterocycles. The van der Waals surface area contributed by atoms with Crippen molar-refractivity contribution in [3.05, 3.63) is 0 Å². The highest BCUT2D eigenvalue weighted by atomic mass is 15.1. The van der Waals surface area contributed by atoms with E-state index in [-0.39, 0.29) is 7.43 Å². The zero-order chi connectivity index (χ0) is 13.5. The van der Waals surface area contributed by atoms with Gasteiger partial charge in [0, 0.05) is 13.1 Å². The Labute approximate surface area is 122 Å². The molecule has 1 aliphatic rings. The molecule has 19 heavy (non-hydrogen) atoms. The van der Waals surface area contributed by atoms with Gasteiger partial charge >= 0.3 is 0 Å². The summed E-state index contributed by atoms with van der Waals surface area (Å²) in [6.07, 6.45) is 4.24. The van der Waals surface area contributed by atoms with Gasteiger partial charge in [0.2, 0.25) is 0 Å². The SMILES string of the molecule is C.CC(C)CN(C)CCC1CCN(CC(C)C)CC1. The fourth-order valence-corrected chi connectivity index (χ4v) is 3.09. The van der Waals surface area contributed by atoms with Crippen LogP contribution in [0.1, 0.15) is 54.4 Å². The highest BCUT2D eigenvalue weighted by Crippen LogP contribution is 2.21. The predicted octanol–water partition coefficient (Wildman–Crippen LogP) is 3.97. The topological polar surface area (TPSA) is 6.48 Å². The molecule has 0 radical (unpaired) electrons. The zero-order valence-corrected chi connectivity index (χ0v) is 13.3. The normalized spacial score (nSPS) is 18.3. The van der Waals surface area contributed by atoms with E-state index in [0.29, 0.717) is 0 Å². The van der Waals surface area contributed by atoms with E-state index in [1.165, 1.54) is 52.0 Å². The smallest absolute Gasteiger partial charge is 0.000439 e. The van der Waals surface area contributed by atoms with Gasteiger partial charge in [0.25, 0.3) is 0 Å². The maximum Gasteiger partial charge on any atom is 0.000439 e. The van der Waals surface area contributed by atoms with Crippen LogP contribution in [0, 0.1) is 17.8 Å². The predicted molar refractivity (Wildman–Crippen MR) is 87.7 cm³/mol. The van der Waals surface area contributed by atoms with Crippen molar-refractivity contribution in [3.63, 3.8) is 0 Å². The molecule has 116 valence electrons. The van der Waals surface area contributed by atoms with Crippen LogP contribution in [0.3, 0.4) is 0 Å². The van der Waals surface area contributed by atoms with E-state index < -0.39 is 0 Å². The first-order valence-electron chi connectivity index (χ1n) is 7.88. The Morgan fingerprint density at radius 3 is 2.11 bits per heavy atom. The minimum absolute atomic E-state index is 0. The van der Waals surface area contributed by atoms with Crippen molar-refractivity contribution >= 4 is 0 Å². The Kier molecular flexibility index (Phi) is 9.72. The van der Waals surface area contributed by atoms with Gasteiger partial charge in [-0.25, -0.2) is 0 Å². The molecule has 1 saturated heterocycles. The minimum Gasteiger partial charge on any atom is -0.306 e. The largest absolute Gasteiger partial charge is 0.306 e. The summed E-state index contributed by atoms with van der Waals surface area (Å²) in [7, 11) is 2.27. The lowest BCUT2D eigenvalue weighted by atomic mass is 9.93. The lowest BCUT2D eigenvalue weighted by Gasteiger charge is -2.33. The van der Waals surface area contributed by atoms with Crippen LogP contribution in [0.25, 0.3) is 0 Å². The molecule has 0 bridgehead atoms. The quantitative estimate of drug-likeness (QED) is 0.691. The summed E-state index contributed by atoms with van der Waals surface area (Å²) in [5.74, 6) is 2.59. The number of hydrogen-bond donors (Lipinski definition) is 0. The maximum absolute atomic E-state index is 2.65. The summed E-state index contributed by atoms with van der Waals surface area (Å²) >= 11 is 0. The third-order valence-corrected chi connectivity index (χ3v) is 3.93. The van der Waals surface area contributed by atoms with Gasteiger partial charge in [0.15, 0.2) is 0 Å². The maximum atomic E-state index is 2.65. The number of nitrogens with zero attached hydrogens (tertiary/aromatic N) is 2. The van der Waals surface area contributed by atoms with Gasteiger partial charge in [-0.2, -0.15) is 0 Å². The minimum atomic E-state index is 0. The second kappa shape index (κ2) is 9.77. The summed E-state index contributed by atoms with van der Waals surface area (Å²) in [6, 6.07) is 0. The molecule has 0 aromatic carbocycles. The van der Waals surface area contributed by atoms with Gasteiger partial charge in [-0.1, -0.05) is 35.1 Å². The van der Waals surface area contributed by atoms with Crippen LogP contribution in [0.15, 0.2) is 0 Å². The molecule has 0 atom stereocenters. The second-order valence-electron chi connectivity index (χ2n) is 7.08. The number of hydrogen-bond acceptors (Lipinski definition) is 2. The third kappa shape index (κ3) is 8.65. The zero-order valence-electron chi connectivity index (χ0n) is 13.3. The van der Waals surface area contributed by atoms with Crippen LogP contribution in [0.5, 0.6) is 0 Å². The summed E-state index contributed by atoms with van der Waals surface area (Å²) < 4.78 is 0. The van der Waals surface area contributed by atoms with Gasteiger partial charge in [-0.05, 0) is 63.7 Å². The molecule has 0 aliphatic carbocycles. The molecule has 0 spiro atoms. The van der Waals surface area contributed by atoms with Crippen molar-refractivity contribution in [2.24, 2.45) is 17.8 Å². The fourth-order valence-electron chi connectivity index (χ4n) is 3.09. The van der Waals surface area contributed by atoms with Crippen LogP contribution in [0.4, 0.5) is 0 Å². The van der Waals surface area contributed by atoms with E-state index in [4.69, 9.17) is 0 Å². The molecule has 2 nitrogen and oxygen atoms in total. The van der Waals surface area contributed by atoms with Crippen LogP contribution in [-0.2, 0) is 0 Å². The number of rotatable bonds is 7. The lowest BCUT2D eigenvalue weighted by molar-refractivity contribution is 0.154. The fraction of sp³-hybridized carbons (Fsp3) is 1.00. The van der Waals surface area contributed by atoms with Crippen molar-refractivity contribution in [1.82, 2.24) is 9.80 Å². The molecule has 1 aliphatic heterocycles. The van der Waals surface area contributed by atoms with Crippen LogP contribution < -0.4 is 0 Å². The van der Waals surface area contributed by atoms with Crippen LogP contribution >= 0.6 is 0 Å². The molecule has 1 fully saturated rings. The first-order chi connectivity index (χ1) is 8.47. The number of piperidine rings is 1. The molecule has 2 heteroatoms. The van der Waals surface area contributed by atoms with Gasteiger partial charge in [-0.15, -0.1) is 0 Å². The Morgan fingerprint density at radius 1 is 1.05 bits per heavy atom. The molecule has 0 saturated carbocycles. The van der Waals surface area contributed by atoms with Gasteiger partial charge in [0.05, 0.1) is 0 Å². The van der Waals surface area contributed by atoms with Gasteiger partial charge < -0.3 is 9.80 Å². The first-order valence-corrected chi connectivity index (χ1v) is 7.88. The van der Waals surface area contributed by atoms with Crippen molar-refractivity contribution in [3.8, 4) is 0 Å². The molecule has 1 heterocycles. The monoisotopic (exact) mass is 270 g/mol. The van der Waals surface area contributed by atoms with Crippen molar-refractivity contribution < 1.29 is 0 Å². The van der Waals surface area contributed by atoms with Crippen LogP contribution in [0.2, 0.25) is 0 Å². The van der Waals surface area contributed by atoms with E-state index in [2.05, 4.69) is 44.5 Å². The average molecular weight is 271 g/mol. The molecule has 0 N–H and O–H groups in total. The van der Waals surface area contributed by atoms with E-state index in [1.807, 2.05) is 0 Å². The molecule has 0 aromatic rings. The van der Waals surface area contributed by atoms with E-state index in [1.54, 1.807) is 0 Å². The Morgan fingerprint density at radius 2 is 1.63 bits per heavy atom. The Hall–Kier alpha value is -0.0800. The highest BCUT2D eigenvalue weighted by Gasteiger charge is 2.19. The molecule has 0 amide bonds. The average Bonchev–Trinajstić information content (AvgIpc) is 2.26. The van der Waals surface area contributed by atoms with Crippen molar-refractivity contribution in [2.45, 2.75) is 54.4 Å². The Bertz CT molecular complexity index is 205.